The van der Waals surface area contributed by atoms with Gasteiger partial charge in [0, 0.05) is 13.5 Å². The summed E-state index contributed by atoms with van der Waals surface area (Å²) in [5.41, 5.74) is 0. The number of hydrogen-bond acceptors (Lipinski definition) is 3. The zero-order valence-corrected chi connectivity index (χ0v) is 8.32. The van der Waals surface area contributed by atoms with Gasteiger partial charge in [-0.1, -0.05) is 0 Å². The first-order valence-corrected chi connectivity index (χ1v) is 4.10. The van der Waals surface area contributed by atoms with Crippen molar-refractivity contribution in [3.8, 4) is 0 Å². The van der Waals surface area contributed by atoms with Gasteiger partial charge < -0.3 is 10.2 Å². The molecule has 0 atom stereocenters. The van der Waals surface area contributed by atoms with Crippen molar-refractivity contribution in [1.29, 1.82) is 0 Å². The van der Waals surface area contributed by atoms with Crippen LogP contribution in [0.15, 0.2) is 0 Å². The third-order valence-electron chi connectivity index (χ3n) is 1.90. The molecule has 13 heavy (non-hydrogen) atoms. The molecule has 2 N–H and O–H groups in total. The van der Waals surface area contributed by atoms with Crippen molar-refractivity contribution in [2.75, 3.05) is 34.3 Å². The Morgan fingerprint density at radius 2 is 2.08 bits per heavy atom. The van der Waals surface area contributed by atoms with Crippen LogP contribution in [0.4, 0.5) is 0 Å². The monoisotopic (exact) mass is 189 g/mol. The van der Waals surface area contributed by atoms with Crippen LogP contribution in [0.1, 0.15) is 6.42 Å². The molecular formula is C8H17N2O3+. The molecule has 1 aliphatic heterocycles. The van der Waals surface area contributed by atoms with E-state index in [9.17, 15) is 4.79 Å². The molecule has 5 heteroatoms. The summed E-state index contributed by atoms with van der Waals surface area (Å²) in [6, 6.07) is 0. The Balaban J connectivity index is 0.000000671. The van der Waals surface area contributed by atoms with Crippen LogP contribution in [-0.4, -0.2) is 65.8 Å². The summed E-state index contributed by atoms with van der Waals surface area (Å²) in [6.45, 7) is 1.68. The molecule has 0 bridgehead atoms. The maximum Gasteiger partial charge on any atom is 0.418 e. The van der Waals surface area contributed by atoms with Crippen LogP contribution in [0.5, 0.6) is 0 Å². The number of carboxylic acid groups (broad SMARTS) is 1. The van der Waals surface area contributed by atoms with Gasteiger partial charge in [-0.25, -0.2) is 4.79 Å². The number of aliphatic hydroxyl groups is 1. The average Bonchev–Trinajstić information content (AvgIpc) is 2.07. The normalized spacial score (nSPS) is 16.5. The molecule has 0 unspecified atom stereocenters. The average molecular weight is 189 g/mol. The summed E-state index contributed by atoms with van der Waals surface area (Å²) < 4.78 is 1.77. The van der Waals surface area contributed by atoms with E-state index in [1.807, 2.05) is 0 Å². The number of carbonyl (C=O) groups is 1. The van der Waals surface area contributed by atoms with Crippen molar-refractivity contribution in [3.05, 3.63) is 0 Å². The summed E-state index contributed by atoms with van der Waals surface area (Å²) in [5, 5.41) is 15.8. The number of hydrogen-bond donors (Lipinski definition) is 2. The Morgan fingerprint density at radius 1 is 1.54 bits per heavy atom. The third-order valence-corrected chi connectivity index (χ3v) is 1.90. The fraction of sp³-hybridized carbons (Fsp3) is 0.750. The molecule has 0 aliphatic carbocycles. The SMILES string of the molecule is CN1CCC[N+](C)=C1C(=O)O.CO. The summed E-state index contributed by atoms with van der Waals surface area (Å²) >= 11 is 0. The standard InChI is InChI=1S/C7H12N2O2.CH4O/c1-8-4-3-5-9(2)6(8)7(10)11;1-2/h3-5H2,1-2H3;2H,1H3/p+1. The van der Waals surface area contributed by atoms with Crippen LogP contribution < -0.4 is 0 Å². The lowest BCUT2D eigenvalue weighted by atomic mass is 10.3. The zero-order valence-electron chi connectivity index (χ0n) is 8.32. The predicted octanol–water partition coefficient (Wildman–Crippen LogP) is -0.944. The van der Waals surface area contributed by atoms with E-state index in [0.29, 0.717) is 5.84 Å². The van der Waals surface area contributed by atoms with E-state index in [4.69, 9.17) is 10.2 Å². The Kier molecular flexibility index (Phi) is 5.06. The largest absolute Gasteiger partial charge is 0.472 e. The molecule has 0 spiro atoms. The van der Waals surface area contributed by atoms with Crippen LogP contribution in [0.3, 0.4) is 0 Å². The first-order chi connectivity index (χ1) is 6.13. The minimum absolute atomic E-state index is 0.399. The molecule has 5 nitrogen and oxygen atoms in total. The summed E-state index contributed by atoms with van der Waals surface area (Å²) in [4.78, 5) is 12.4. The lowest BCUT2D eigenvalue weighted by molar-refractivity contribution is -0.507. The van der Waals surface area contributed by atoms with E-state index < -0.39 is 5.97 Å². The van der Waals surface area contributed by atoms with E-state index in [1.54, 1.807) is 23.6 Å². The van der Waals surface area contributed by atoms with Crippen molar-refractivity contribution in [2.45, 2.75) is 6.42 Å². The van der Waals surface area contributed by atoms with Crippen molar-refractivity contribution in [2.24, 2.45) is 0 Å². The van der Waals surface area contributed by atoms with Crippen LogP contribution in [0.2, 0.25) is 0 Å². The highest BCUT2D eigenvalue weighted by molar-refractivity contribution is 6.32. The van der Waals surface area contributed by atoms with Gasteiger partial charge in [0.1, 0.15) is 0 Å². The zero-order chi connectivity index (χ0) is 10.4. The van der Waals surface area contributed by atoms with Gasteiger partial charge >= 0.3 is 11.8 Å². The Morgan fingerprint density at radius 3 is 2.38 bits per heavy atom. The van der Waals surface area contributed by atoms with Crippen LogP contribution in [-0.2, 0) is 4.79 Å². The number of amidine groups is 1. The second kappa shape index (κ2) is 5.53. The molecule has 1 aliphatic rings. The highest BCUT2D eigenvalue weighted by atomic mass is 16.4. The highest BCUT2D eigenvalue weighted by Gasteiger charge is 2.28. The molecule has 0 aromatic carbocycles. The topological polar surface area (TPSA) is 63.8 Å². The lowest BCUT2D eigenvalue weighted by Crippen LogP contribution is -2.45. The van der Waals surface area contributed by atoms with Gasteiger partial charge in [0.25, 0.3) is 0 Å². The summed E-state index contributed by atoms with van der Waals surface area (Å²) in [6.07, 6.45) is 1.03. The first kappa shape index (κ1) is 11.9. The number of aliphatic carboxylic acids is 1. The van der Waals surface area contributed by atoms with E-state index in [-0.39, 0.29) is 0 Å². The van der Waals surface area contributed by atoms with Gasteiger partial charge in [-0.3, -0.25) is 9.48 Å². The van der Waals surface area contributed by atoms with E-state index in [2.05, 4.69) is 0 Å². The minimum atomic E-state index is -0.838. The predicted molar refractivity (Wildman–Crippen MR) is 49.1 cm³/mol. The fourth-order valence-electron chi connectivity index (χ4n) is 1.37. The van der Waals surface area contributed by atoms with E-state index in [0.717, 1.165) is 26.6 Å². The quantitative estimate of drug-likeness (QED) is 0.522. The molecule has 0 radical (unpaired) electrons. The maximum atomic E-state index is 10.7. The van der Waals surface area contributed by atoms with Crippen molar-refractivity contribution < 1.29 is 19.6 Å². The molecule has 0 aromatic rings. The van der Waals surface area contributed by atoms with E-state index in [1.165, 1.54) is 0 Å². The number of likely N-dealkylation sites (N-methyl/N-ethyl adjacent to an activating group) is 1. The lowest BCUT2D eigenvalue weighted by Gasteiger charge is -2.18. The number of nitrogens with zero attached hydrogens (tertiary/aromatic N) is 2. The van der Waals surface area contributed by atoms with E-state index >= 15 is 0 Å². The molecular weight excluding hydrogens is 172 g/mol. The third kappa shape index (κ3) is 3.02. The van der Waals surface area contributed by atoms with Crippen molar-refractivity contribution >= 4 is 11.8 Å². The van der Waals surface area contributed by atoms with Gasteiger partial charge in [-0.2, -0.15) is 0 Å². The van der Waals surface area contributed by atoms with Gasteiger partial charge in [-0.05, 0) is 0 Å². The Hall–Kier alpha value is -1.10. The molecule has 0 saturated carbocycles. The molecule has 0 saturated heterocycles. The molecule has 1 rings (SSSR count). The van der Waals surface area contributed by atoms with Crippen molar-refractivity contribution in [1.82, 2.24) is 4.90 Å². The van der Waals surface area contributed by atoms with Crippen LogP contribution >= 0.6 is 0 Å². The molecule has 0 fully saturated rings. The van der Waals surface area contributed by atoms with Gasteiger partial charge in [0.15, 0.2) is 0 Å². The fourth-order valence-corrected chi connectivity index (χ4v) is 1.37. The second-order valence-corrected chi connectivity index (χ2v) is 2.83. The number of aliphatic hydroxyl groups excluding tert-OH is 1. The first-order valence-electron chi connectivity index (χ1n) is 4.10. The Bertz CT molecular complexity index is 213. The minimum Gasteiger partial charge on any atom is -0.472 e. The summed E-state index contributed by atoms with van der Waals surface area (Å²) in [7, 11) is 4.61. The van der Waals surface area contributed by atoms with Gasteiger partial charge in [0.05, 0.1) is 27.2 Å². The highest BCUT2D eigenvalue weighted by Crippen LogP contribution is 1.98. The Labute approximate surface area is 77.9 Å². The second-order valence-electron chi connectivity index (χ2n) is 2.83. The maximum absolute atomic E-state index is 10.7. The molecule has 0 amide bonds. The molecule has 76 valence electrons. The molecule has 0 aromatic heterocycles. The van der Waals surface area contributed by atoms with Crippen molar-refractivity contribution in [3.63, 3.8) is 0 Å². The van der Waals surface area contributed by atoms with Gasteiger partial charge in [-0.15, -0.1) is 0 Å². The smallest absolute Gasteiger partial charge is 0.418 e. The van der Waals surface area contributed by atoms with Crippen LogP contribution in [0, 0.1) is 0 Å². The molecule has 1 heterocycles. The number of carboxylic acids is 1. The number of rotatable bonds is 1. The summed E-state index contributed by atoms with van der Waals surface area (Å²) in [5.74, 6) is -0.439. The van der Waals surface area contributed by atoms with Crippen LogP contribution in [0.25, 0.3) is 0 Å². The van der Waals surface area contributed by atoms with Gasteiger partial charge in [0.2, 0.25) is 0 Å².